The summed E-state index contributed by atoms with van der Waals surface area (Å²) in [5.74, 6) is -0.766. The number of nitrogens with one attached hydrogen (secondary N) is 4. The second kappa shape index (κ2) is 8.18. The molecule has 29 heavy (non-hydrogen) atoms. The Morgan fingerprint density at radius 3 is 3.07 bits per heavy atom. The van der Waals surface area contributed by atoms with Crippen LogP contribution in [0.2, 0.25) is 0 Å². The molecule has 4 N–H and O–H groups in total. The molecule has 1 saturated heterocycles. The summed E-state index contributed by atoms with van der Waals surface area (Å²) in [5.41, 5.74) is 3.64. The van der Waals surface area contributed by atoms with Gasteiger partial charge in [0, 0.05) is 42.1 Å². The Balaban J connectivity index is 1.45. The first-order valence-corrected chi connectivity index (χ1v) is 9.63. The number of amides is 2. The van der Waals surface area contributed by atoms with Crippen molar-refractivity contribution in [3.05, 3.63) is 47.0 Å². The summed E-state index contributed by atoms with van der Waals surface area (Å²) < 4.78 is 19.0. The van der Waals surface area contributed by atoms with E-state index in [0.29, 0.717) is 54.3 Å². The van der Waals surface area contributed by atoms with Gasteiger partial charge in [-0.1, -0.05) is 0 Å². The van der Waals surface area contributed by atoms with E-state index in [0.717, 1.165) is 12.1 Å². The number of H-pyrrole nitrogens is 1. The van der Waals surface area contributed by atoms with Crippen LogP contribution in [0.25, 0.3) is 11.6 Å². The number of anilines is 2. The van der Waals surface area contributed by atoms with Crippen molar-refractivity contribution < 1.29 is 18.7 Å². The Labute approximate surface area is 167 Å². The molecule has 2 aromatic rings. The summed E-state index contributed by atoms with van der Waals surface area (Å²) in [6, 6.07) is 4.39. The van der Waals surface area contributed by atoms with E-state index >= 15 is 0 Å². The summed E-state index contributed by atoms with van der Waals surface area (Å²) >= 11 is 0. The van der Waals surface area contributed by atoms with Gasteiger partial charge in [0.05, 0.1) is 24.5 Å². The maximum atomic E-state index is 13.6. The number of rotatable bonds is 5. The first kappa shape index (κ1) is 19.4. The molecule has 2 aliphatic rings. The maximum absolute atomic E-state index is 13.6. The van der Waals surface area contributed by atoms with Crippen molar-refractivity contribution in [1.82, 2.24) is 10.3 Å². The van der Waals surface area contributed by atoms with E-state index < -0.39 is 5.82 Å². The number of aromatic nitrogens is 1. The molecule has 0 saturated carbocycles. The molecule has 1 atom stereocenters. The van der Waals surface area contributed by atoms with E-state index in [1.54, 1.807) is 18.3 Å². The van der Waals surface area contributed by atoms with Gasteiger partial charge >= 0.3 is 0 Å². The van der Waals surface area contributed by atoms with E-state index in [-0.39, 0.29) is 17.9 Å². The minimum absolute atomic E-state index is 0.0790. The van der Waals surface area contributed by atoms with Gasteiger partial charge in [-0.15, -0.1) is 0 Å². The zero-order valence-corrected chi connectivity index (χ0v) is 16.1. The Kier molecular flexibility index (Phi) is 5.46. The molecule has 0 aliphatic carbocycles. The number of benzene rings is 1. The number of morpholine rings is 1. The molecule has 8 heteroatoms. The largest absolute Gasteiger partial charge is 0.379 e. The van der Waals surface area contributed by atoms with Crippen LogP contribution in [0.1, 0.15) is 29.7 Å². The van der Waals surface area contributed by atoms with Crippen LogP contribution in [0, 0.1) is 12.7 Å². The average Bonchev–Trinajstić information content (AvgIpc) is 3.21. The van der Waals surface area contributed by atoms with Gasteiger partial charge in [-0.2, -0.15) is 0 Å². The van der Waals surface area contributed by atoms with E-state index in [1.807, 2.05) is 6.92 Å². The summed E-state index contributed by atoms with van der Waals surface area (Å²) in [6.07, 6.45) is 4.46. The van der Waals surface area contributed by atoms with Crippen LogP contribution >= 0.6 is 0 Å². The molecule has 0 spiro atoms. The topological polar surface area (TPSA) is 95.2 Å². The van der Waals surface area contributed by atoms with Gasteiger partial charge < -0.3 is 25.7 Å². The fraction of sp³-hybridized carbons (Fsp3) is 0.333. The summed E-state index contributed by atoms with van der Waals surface area (Å²) in [6.45, 7) is 3.99. The lowest BCUT2D eigenvalue weighted by atomic mass is 10.0. The van der Waals surface area contributed by atoms with Crippen molar-refractivity contribution in [3.8, 4) is 0 Å². The number of carbonyl (C=O) groups is 2. The number of hydrogen-bond donors (Lipinski definition) is 4. The van der Waals surface area contributed by atoms with Crippen molar-refractivity contribution in [2.75, 3.05) is 30.4 Å². The molecule has 2 amide bonds. The second-order valence-corrected chi connectivity index (χ2v) is 7.26. The Hall–Kier alpha value is -2.97. The molecule has 1 unspecified atom stereocenters. The molecule has 4 rings (SSSR count). The number of halogens is 1. The van der Waals surface area contributed by atoms with E-state index in [2.05, 4.69) is 20.9 Å². The Morgan fingerprint density at radius 2 is 2.28 bits per heavy atom. The third-order valence-corrected chi connectivity index (χ3v) is 5.23. The SMILES string of the molecule is Cc1c(NC(=O)CCC2COCCN2)c[nH]c1/C=C1\C(=O)Nc2ccc(F)cc21. The van der Waals surface area contributed by atoms with Gasteiger partial charge in [0.25, 0.3) is 5.91 Å². The number of fused-ring (bicyclic) bond motifs is 1. The minimum atomic E-state index is -0.403. The van der Waals surface area contributed by atoms with Crippen LogP contribution in [0.3, 0.4) is 0 Å². The second-order valence-electron chi connectivity index (χ2n) is 7.26. The molecule has 2 aliphatic heterocycles. The summed E-state index contributed by atoms with van der Waals surface area (Å²) in [5, 5.41) is 8.96. The predicted molar refractivity (Wildman–Crippen MR) is 109 cm³/mol. The van der Waals surface area contributed by atoms with Crippen LogP contribution in [-0.4, -0.2) is 42.6 Å². The summed E-state index contributed by atoms with van der Waals surface area (Å²) in [4.78, 5) is 27.7. The van der Waals surface area contributed by atoms with Crippen LogP contribution < -0.4 is 16.0 Å². The Morgan fingerprint density at radius 1 is 1.41 bits per heavy atom. The highest BCUT2D eigenvalue weighted by molar-refractivity contribution is 6.34. The van der Waals surface area contributed by atoms with Gasteiger partial charge in [0.15, 0.2) is 0 Å². The summed E-state index contributed by atoms with van der Waals surface area (Å²) in [7, 11) is 0. The monoisotopic (exact) mass is 398 g/mol. The Bertz CT molecular complexity index is 976. The van der Waals surface area contributed by atoms with E-state index in [4.69, 9.17) is 4.74 Å². The lowest BCUT2D eigenvalue weighted by Gasteiger charge is -2.23. The zero-order valence-electron chi connectivity index (χ0n) is 16.1. The highest BCUT2D eigenvalue weighted by Crippen LogP contribution is 2.34. The van der Waals surface area contributed by atoms with Crippen molar-refractivity contribution in [3.63, 3.8) is 0 Å². The molecule has 1 aromatic carbocycles. The van der Waals surface area contributed by atoms with E-state index in [9.17, 15) is 14.0 Å². The van der Waals surface area contributed by atoms with Crippen LogP contribution in [-0.2, 0) is 14.3 Å². The first-order chi connectivity index (χ1) is 14.0. The van der Waals surface area contributed by atoms with E-state index in [1.165, 1.54) is 12.1 Å². The molecular weight excluding hydrogens is 375 g/mol. The van der Waals surface area contributed by atoms with Gasteiger partial charge in [0.1, 0.15) is 5.82 Å². The number of aromatic amines is 1. The molecule has 152 valence electrons. The van der Waals surface area contributed by atoms with Crippen molar-refractivity contribution in [1.29, 1.82) is 0 Å². The minimum Gasteiger partial charge on any atom is -0.379 e. The lowest BCUT2D eigenvalue weighted by Crippen LogP contribution is -2.41. The predicted octanol–water partition coefficient (Wildman–Crippen LogP) is 2.66. The van der Waals surface area contributed by atoms with Crippen LogP contribution in [0.15, 0.2) is 24.4 Å². The van der Waals surface area contributed by atoms with Gasteiger partial charge in [-0.05, 0) is 43.2 Å². The highest BCUT2D eigenvalue weighted by atomic mass is 19.1. The fourth-order valence-corrected chi connectivity index (χ4v) is 3.56. The maximum Gasteiger partial charge on any atom is 0.256 e. The number of hydrogen-bond acceptors (Lipinski definition) is 4. The smallest absolute Gasteiger partial charge is 0.256 e. The first-order valence-electron chi connectivity index (χ1n) is 9.63. The van der Waals surface area contributed by atoms with Crippen molar-refractivity contribution in [2.45, 2.75) is 25.8 Å². The molecular formula is C21H23FN4O3. The molecule has 0 bridgehead atoms. The standard InChI is InChI=1S/C21H23FN4O3/c1-12-18(9-16-15-8-13(22)2-4-17(15)26-21(16)28)24-10-19(12)25-20(27)5-3-14-11-29-7-6-23-14/h2,4,8-10,14,23-24H,3,5-7,11H2,1H3,(H,25,27)(H,26,28)/b16-9-. The van der Waals surface area contributed by atoms with Gasteiger partial charge in [-0.3, -0.25) is 9.59 Å². The number of carbonyl (C=O) groups excluding carboxylic acids is 2. The van der Waals surface area contributed by atoms with Crippen LogP contribution in [0.4, 0.5) is 15.8 Å². The third-order valence-electron chi connectivity index (χ3n) is 5.23. The molecule has 7 nitrogen and oxygen atoms in total. The molecule has 1 aromatic heterocycles. The average molecular weight is 398 g/mol. The molecule has 0 radical (unpaired) electrons. The van der Waals surface area contributed by atoms with Gasteiger partial charge in [-0.25, -0.2) is 4.39 Å². The molecule has 3 heterocycles. The van der Waals surface area contributed by atoms with Crippen molar-refractivity contribution >= 4 is 34.8 Å². The van der Waals surface area contributed by atoms with Crippen LogP contribution in [0.5, 0.6) is 0 Å². The third kappa shape index (κ3) is 4.23. The lowest BCUT2D eigenvalue weighted by molar-refractivity contribution is -0.116. The highest BCUT2D eigenvalue weighted by Gasteiger charge is 2.25. The van der Waals surface area contributed by atoms with Gasteiger partial charge in [0.2, 0.25) is 5.91 Å². The zero-order chi connectivity index (χ0) is 20.4. The molecule has 1 fully saturated rings. The number of ether oxygens (including phenoxy) is 1. The quantitative estimate of drug-likeness (QED) is 0.583. The normalized spacial score (nSPS) is 19.9. The fourth-order valence-electron chi connectivity index (χ4n) is 3.56. The van der Waals surface area contributed by atoms with Crippen molar-refractivity contribution in [2.24, 2.45) is 0 Å².